The van der Waals surface area contributed by atoms with Crippen LogP contribution >= 0.6 is 11.8 Å². The number of carbonyl (C=O) groups excluding carboxylic acids is 1. The molecule has 2 unspecified atom stereocenters. The van der Waals surface area contributed by atoms with Gasteiger partial charge in [0.15, 0.2) is 0 Å². The Kier molecular flexibility index (Phi) is 11.6. The highest BCUT2D eigenvalue weighted by atomic mass is 32.2. The summed E-state index contributed by atoms with van der Waals surface area (Å²) in [5.41, 5.74) is 4.04. The van der Waals surface area contributed by atoms with Crippen LogP contribution in [0.25, 0.3) is 11.1 Å². The number of nitrogens with two attached hydrogens (primary N) is 1. The number of carboxylic acids is 1. The van der Waals surface area contributed by atoms with E-state index in [1.807, 2.05) is 49.6 Å². The minimum atomic E-state index is -1.03. The van der Waals surface area contributed by atoms with Crippen molar-refractivity contribution >= 4 is 23.6 Å². The van der Waals surface area contributed by atoms with E-state index >= 15 is 0 Å². The van der Waals surface area contributed by atoms with Gasteiger partial charge in [0.2, 0.25) is 0 Å². The van der Waals surface area contributed by atoms with Crippen molar-refractivity contribution in [3.05, 3.63) is 59.2 Å². The lowest BCUT2D eigenvalue weighted by Crippen LogP contribution is -2.41. The molecule has 0 fully saturated rings. The Morgan fingerprint density at radius 3 is 2.29 bits per heavy atom. The number of benzene rings is 2. The molecule has 2 atom stereocenters. The Bertz CT molecular complexity index is 944. The molecule has 186 valence electrons. The summed E-state index contributed by atoms with van der Waals surface area (Å²) in [5, 5.41) is 12.3. The van der Waals surface area contributed by atoms with Crippen LogP contribution in [0.15, 0.2) is 42.5 Å². The smallest absolute Gasteiger partial charge is 0.326 e. The van der Waals surface area contributed by atoms with Crippen molar-refractivity contribution in [2.45, 2.75) is 65.0 Å². The van der Waals surface area contributed by atoms with Crippen molar-refractivity contribution < 1.29 is 19.5 Å². The zero-order chi connectivity index (χ0) is 25.1. The van der Waals surface area contributed by atoms with Crippen LogP contribution in [0.4, 0.5) is 0 Å². The fourth-order valence-electron chi connectivity index (χ4n) is 4.41. The number of carbonyl (C=O) groups is 2. The molecule has 0 heterocycles. The third kappa shape index (κ3) is 7.32. The van der Waals surface area contributed by atoms with Gasteiger partial charge in [0.05, 0.1) is 0 Å². The predicted octanol–water partition coefficient (Wildman–Crippen LogP) is 5.75. The molecule has 2 aromatic carbocycles. The number of nitrogens with one attached hydrogen (secondary N) is 1. The fraction of sp³-hybridized carbons (Fsp3) is 0.481. The summed E-state index contributed by atoms with van der Waals surface area (Å²) < 4.78 is 0. The van der Waals surface area contributed by atoms with Crippen molar-refractivity contribution in [1.82, 2.24) is 5.32 Å². The van der Waals surface area contributed by atoms with E-state index in [1.165, 1.54) is 0 Å². The van der Waals surface area contributed by atoms with Crippen LogP contribution in [0.1, 0.15) is 73.5 Å². The number of thioether (sulfide) groups is 1. The van der Waals surface area contributed by atoms with Gasteiger partial charge in [-0.15, -0.1) is 0 Å². The van der Waals surface area contributed by atoms with Crippen molar-refractivity contribution in [1.29, 1.82) is 0 Å². The predicted molar refractivity (Wildman–Crippen MR) is 140 cm³/mol. The molecule has 0 saturated heterocycles. The normalized spacial score (nSPS) is 13.0. The molecule has 0 saturated carbocycles. The average Bonchev–Trinajstić information content (AvgIpc) is 2.82. The first-order valence-electron chi connectivity index (χ1n) is 12.0. The SMILES string of the molecule is CCCC(CCC)C(ON)c1ccc(C(=O)NC(CCSC)C(=O)O)c(-c2ccccc2C)c1. The molecule has 0 spiro atoms. The molecule has 1 amide bonds. The lowest BCUT2D eigenvalue weighted by molar-refractivity contribution is -0.139. The Hall–Kier alpha value is -2.35. The molecular weight excluding hydrogens is 448 g/mol. The van der Waals surface area contributed by atoms with Gasteiger partial charge in [-0.2, -0.15) is 11.8 Å². The van der Waals surface area contributed by atoms with E-state index in [-0.39, 0.29) is 12.0 Å². The van der Waals surface area contributed by atoms with Gasteiger partial charge in [-0.25, -0.2) is 10.7 Å². The standard InChI is InChI=1S/C27H38N2O4S/c1-5-9-19(10-6-2)25(33-28)20-13-14-22(23(17-20)21-12-8-7-11-18(21)3)26(30)29-24(27(31)32)15-16-34-4/h7-8,11-14,17,19,24-25H,5-6,9-10,15-16,28H2,1-4H3,(H,29,30)(H,31,32). The van der Waals surface area contributed by atoms with E-state index in [2.05, 4.69) is 19.2 Å². The Balaban J connectivity index is 2.54. The van der Waals surface area contributed by atoms with Gasteiger partial charge < -0.3 is 10.4 Å². The highest BCUT2D eigenvalue weighted by Gasteiger charge is 2.26. The van der Waals surface area contributed by atoms with Crippen LogP contribution in [-0.4, -0.2) is 35.0 Å². The summed E-state index contributed by atoms with van der Waals surface area (Å²) in [6, 6.07) is 12.5. The van der Waals surface area contributed by atoms with Crippen LogP contribution in [0.5, 0.6) is 0 Å². The van der Waals surface area contributed by atoms with Gasteiger partial charge in [-0.3, -0.25) is 9.63 Å². The van der Waals surface area contributed by atoms with Gasteiger partial charge in [0.1, 0.15) is 12.1 Å². The maximum Gasteiger partial charge on any atom is 0.326 e. The van der Waals surface area contributed by atoms with Crippen molar-refractivity contribution in [3.8, 4) is 11.1 Å². The summed E-state index contributed by atoms with van der Waals surface area (Å²) in [6.07, 6.45) is 6.04. The first kappa shape index (κ1) is 27.9. The molecule has 0 aliphatic heterocycles. The summed E-state index contributed by atoms with van der Waals surface area (Å²) >= 11 is 1.55. The number of aliphatic carboxylic acids is 1. The number of carboxylic acid groups (broad SMARTS) is 1. The largest absolute Gasteiger partial charge is 0.480 e. The topological polar surface area (TPSA) is 102 Å². The quantitative estimate of drug-likeness (QED) is 0.294. The summed E-state index contributed by atoms with van der Waals surface area (Å²) in [7, 11) is 0. The van der Waals surface area contributed by atoms with E-state index < -0.39 is 17.9 Å². The molecule has 2 rings (SSSR count). The average molecular weight is 487 g/mol. The summed E-state index contributed by atoms with van der Waals surface area (Å²) in [5.74, 6) is 5.26. The van der Waals surface area contributed by atoms with Gasteiger partial charge >= 0.3 is 5.97 Å². The zero-order valence-electron chi connectivity index (χ0n) is 20.7. The first-order valence-corrected chi connectivity index (χ1v) is 13.3. The van der Waals surface area contributed by atoms with E-state index in [0.717, 1.165) is 47.9 Å². The second kappa shape index (κ2) is 14.1. The second-order valence-electron chi connectivity index (χ2n) is 8.66. The number of hydrogen-bond acceptors (Lipinski definition) is 5. The minimum Gasteiger partial charge on any atom is -0.480 e. The van der Waals surface area contributed by atoms with Crippen molar-refractivity contribution in [3.63, 3.8) is 0 Å². The molecule has 6 nitrogen and oxygen atoms in total. The maximum absolute atomic E-state index is 13.3. The second-order valence-corrected chi connectivity index (χ2v) is 9.65. The van der Waals surface area contributed by atoms with Crippen LogP contribution in [-0.2, 0) is 9.63 Å². The molecule has 2 aromatic rings. The van der Waals surface area contributed by atoms with E-state index in [4.69, 9.17) is 10.7 Å². The van der Waals surface area contributed by atoms with Gasteiger partial charge in [-0.05, 0) is 78.5 Å². The number of amides is 1. The Morgan fingerprint density at radius 1 is 1.06 bits per heavy atom. The van der Waals surface area contributed by atoms with Crippen molar-refractivity contribution in [2.75, 3.05) is 12.0 Å². The molecule has 0 aromatic heterocycles. The molecule has 0 aliphatic carbocycles. The van der Waals surface area contributed by atoms with Gasteiger partial charge in [0, 0.05) is 5.56 Å². The van der Waals surface area contributed by atoms with Crippen LogP contribution in [0, 0.1) is 12.8 Å². The number of aryl methyl sites for hydroxylation is 1. The Morgan fingerprint density at radius 2 is 1.74 bits per heavy atom. The zero-order valence-corrected chi connectivity index (χ0v) is 21.5. The third-order valence-corrected chi connectivity index (χ3v) is 6.80. The monoisotopic (exact) mass is 486 g/mol. The first-order chi connectivity index (χ1) is 16.4. The van der Waals surface area contributed by atoms with Gasteiger partial charge in [0.25, 0.3) is 5.91 Å². The molecule has 0 aliphatic rings. The van der Waals surface area contributed by atoms with E-state index in [1.54, 1.807) is 17.8 Å². The third-order valence-electron chi connectivity index (χ3n) is 6.16. The number of rotatable bonds is 14. The fourth-order valence-corrected chi connectivity index (χ4v) is 4.89. The molecule has 7 heteroatoms. The molecule has 0 radical (unpaired) electrons. The number of hydrogen-bond donors (Lipinski definition) is 3. The summed E-state index contributed by atoms with van der Waals surface area (Å²) in [6.45, 7) is 6.30. The minimum absolute atomic E-state index is 0.271. The van der Waals surface area contributed by atoms with Crippen LogP contribution in [0.2, 0.25) is 0 Å². The lowest BCUT2D eigenvalue weighted by Gasteiger charge is -2.26. The Labute approximate surface area is 207 Å². The van der Waals surface area contributed by atoms with Crippen LogP contribution in [0.3, 0.4) is 0 Å². The van der Waals surface area contributed by atoms with Crippen LogP contribution < -0.4 is 11.2 Å². The van der Waals surface area contributed by atoms with Crippen molar-refractivity contribution in [2.24, 2.45) is 11.8 Å². The molecule has 4 N–H and O–H groups in total. The molecular formula is C27H38N2O4S. The summed E-state index contributed by atoms with van der Waals surface area (Å²) in [4.78, 5) is 30.5. The maximum atomic E-state index is 13.3. The van der Waals surface area contributed by atoms with E-state index in [0.29, 0.717) is 17.7 Å². The lowest BCUT2D eigenvalue weighted by atomic mass is 9.85. The highest BCUT2D eigenvalue weighted by Crippen LogP contribution is 2.36. The van der Waals surface area contributed by atoms with E-state index in [9.17, 15) is 14.7 Å². The molecule has 0 bridgehead atoms. The highest BCUT2D eigenvalue weighted by molar-refractivity contribution is 7.98. The molecule has 34 heavy (non-hydrogen) atoms. The van der Waals surface area contributed by atoms with Gasteiger partial charge in [-0.1, -0.05) is 57.0 Å².